The molecule has 1 aromatic heterocycles. The van der Waals surface area contributed by atoms with Crippen LogP contribution in [0.5, 0.6) is 0 Å². The van der Waals surface area contributed by atoms with Crippen molar-refractivity contribution in [2.75, 3.05) is 11.4 Å². The summed E-state index contributed by atoms with van der Waals surface area (Å²) < 4.78 is 0. The Labute approximate surface area is 273 Å². The molecule has 2 aliphatic heterocycles. The number of nitrogens with zero attached hydrogens (tertiary/aromatic N) is 2. The number of aliphatic imine (C=N–C) groups is 1. The van der Waals surface area contributed by atoms with Gasteiger partial charge in [0.2, 0.25) is 5.91 Å². The van der Waals surface area contributed by atoms with Crippen LogP contribution in [0, 0.1) is 0 Å². The molecular weight excluding hydrogens is 592 g/mol. The lowest BCUT2D eigenvalue weighted by Gasteiger charge is -2.29. The van der Waals surface area contributed by atoms with E-state index < -0.39 is 17.6 Å². The monoisotopic (exact) mass is 628 g/mol. The fourth-order valence-corrected chi connectivity index (χ4v) is 6.62. The summed E-state index contributed by atoms with van der Waals surface area (Å²) in [4.78, 5) is 59.8. The minimum absolute atomic E-state index is 0.0337. The number of nitrogens with one attached hydrogen (secondary N) is 2. The van der Waals surface area contributed by atoms with Crippen LogP contribution in [0.25, 0.3) is 11.3 Å². The summed E-state index contributed by atoms with van der Waals surface area (Å²) in [5, 5.41) is 12.0. The van der Waals surface area contributed by atoms with Crippen molar-refractivity contribution in [1.29, 1.82) is 0 Å². The zero-order valence-corrected chi connectivity index (χ0v) is 26.3. The van der Waals surface area contributed by atoms with E-state index in [1.807, 2.05) is 72.5 Å². The number of allylic oxidation sites excluding steroid dienone is 1. The third-order valence-corrected chi connectivity index (χ3v) is 9.03. The van der Waals surface area contributed by atoms with Crippen molar-refractivity contribution in [2.24, 2.45) is 4.99 Å². The molecule has 3 heterocycles. The van der Waals surface area contributed by atoms with Gasteiger partial charge in [-0.1, -0.05) is 73.7 Å². The highest BCUT2D eigenvalue weighted by atomic mass is 16.4. The number of aliphatic carboxylic acids is 1. The summed E-state index contributed by atoms with van der Waals surface area (Å²) >= 11 is 0. The van der Waals surface area contributed by atoms with Gasteiger partial charge in [-0.2, -0.15) is 0 Å². The van der Waals surface area contributed by atoms with Crippen LogP contribution in [-0.4, -0.2) is 46.4 Å². The molecule has 9 nitrogen and oxygen atoms in total. The van der Waals surface area contributed by atoms with Crippen molar-refractivity contribution >= 4 is 35.5 Å². The average molecular weight is 629 g/mol. The van der Waals surface area contributed by atoms with Gasteiger partial charge in [0.1, 0.15) is 5.54 Å². The molecule has 0 spiro atoms. The summed E-state index contributed by atoms with van der Waals surface area (Å²) in [5.41, 5.74) is 6.56. The summed E-state index contributed by atoms with van der Waals surface area (Å²) in [6.07, 6.45) is 6.55. The third kappa shape index (κ3) is 6.29. The molecule has 0 radical (unpaired) electrons. The summed E-state index contributed by atoms with van der Waals surface area (Å²) in [6, 6.07) is 24.2. The number of benzene rings is 3. The number of carbonyl (C=O) groups excluding carboxylic acids is 3. The maximum absolute atomic E-state index is 13.7. The minimum Gasteiger partial charge on any atom is -0.481 e. The number of carboxylic acid groups (broad SMARTS) is 1. The number of anilines is 1. The highest BCUT2D eigenvalue weighted by Crippen LogP contribution is 2.41. The van der Waals surface area contributed by atoms with Gasteiger partial charge >= 0.3 is 5.97 Å². The Morgan fingerprint density at radius 1 is 1.02 bits per heavy atom. The normalized spacial score (nSPS) is 17.2. The first-order valence-electron chi connectivity index (χ1n) is 15.7. The van der Waals surface area contributed by atoms with Gasteiger partial charge in [0.15, 0.2) is 5.78 Å². The first kappa shape index (κ1) is 31.4. The van der Waals surface area contributed by atoms with E-state index in [1.165, 1.54) is 12.5 Å². The van der Waals surface area contributed by atoms with Crippen molar-refractivity contribution in [3.8, 4) is 11.3 Å². The van der Waals surface area contributed by atoms with E-state index in [0.29, 0.717) is 29.7 Å². The summed E-state index contributed by atoms with van der Waals surface area (Å²) in [6.45, 7) is 4.00. The van der Waals surface area contributed by atoms with E-state index in [0.717, 1.165) is 34.5 Å². The first-order chi connectivity index (χ1) is 22.7. The van der Waals surface area contributed by atoms with Crippen LogP contribution < -0.4 is 10.2 Å². The molecule has 2 unspecified atom stereocenters. The molecule has 9 heteroatoms. The zero-order chi connectivity index (χ0) is 33.1. The Hall–Kier alpha value is -5.57. The zero-order valence-electron chi connectivity index (χ0n) is 26.3. The molecule has 47 heavy (non-hydrogen) atoms. The topological polar surface area (TPSA) is 132 Å². The van der Waals surface area contributed by atoms with Crippen molar-refractivity contribution in [2.45, 2.75) is 51.1 Å². The number of aromatic nitrogens is 1. The van der Waals surface area contributed by atoms with Crippen molar-refractivity contribution in [3.63, 3.8) is 0 Å². The van der Waals surface area contributed by atoms with E-state index in [9.17, 15) is 24.3 Å². The number of fused-ring (bicyclic) bond motifs is 1. The van der Waals surface area contributed by atoms with Crippen molar-refractivity contribution in [1.82, 2.24) is 10.3 Å². The lowest BCUT2D eigenvalue weighted by atomic mass is 9.78. The van der Waals surface area contributed by atoms with E-state index >= 15 is 0 Å². The SMILES string of the molecule is CCC1(c2ccc(C(CC(=O)O)NC(C)=O)cc2)N=CC=C1C(=O)Cc1ccc(-c2cc(C(=O)N3CCc4ccccc43)c[nH]2)cc1. The molecule has 2 amide bonds. The number of carbonyl (C=O) groups is 4. The van der Waals surface area contributed by atoms with E-state index in [1.54, 1.807) is 30.6 Å². The number of amides is 2. The number of rotatable bonds is 11. The van der Waals surface area contributed by atoms with Gasteiger partial charge in [-0.3, -0.25) is 24.2 Å². The van der Waals surface area contributed by atoms with Crippen LogP contribution in [0.3, 0.4) is 0 Å². The molecular formula is C38H36N4O5. The predicted molar refractivity (Wildman–Crippen MR) is 181 cm³/mol. The van der Waals surface area contributed by atoms with Crippen LogP contribution in [0.15, 0.2) is 102 Å². The fraction of sp³-hybridized carbons (Fsp3) is 0.237. The highest BCUT2D eigenvalue weighted by molar-refractivity contribution is 6.08. The number of H-pyrrole nitrogens is 1. The van der Waals surface area contributed by atoms with E-state index in [4.69, 9.17) is 4.99 Å². The van der Waals surface area contributed by atoms with Gasteiger partial charge in [0.25, 0.3) is 5.91 Å². The van der Waals surface area contributed by atoms with Crippen LogP contribution in [0.4, 0.5) is 5.69 Å². The Balaban J connectivity index is 1.14. The molecule has 0 aliphatic carbocycles. The number of Topliss-reactive ketones (excluding diaryl/α,β-unsaturated/α-hetero) is 1. The standard InChI is InChI=1S/C38H36N4O5/c1-3-38(30-14-12-27(13-15-30)33(22-36(45)46)41-24(2)43)31(16-18-40-38)35(44)20-25-8-10-26(11-9-25)32-21-29(23-39-32)37(47)42-19-17-28-6-4-5-7-34(28)42/h4-16,18,21,23,33,39H,3,17,19-20,22H2,1-2H3,(H,41,43)(H,45,46). The molecule has 3 N–H and O–H groups in total. The van der Waals surface area contributed by atoms with Crippen LogP contribution in [-0.2, 0) is 32.8 Å². The number of aromatic amines is 1. The minimum atomic E-state index is -1.01. The lowest BCUT2D eigenvalue weighted by Crippen LogP contribution is -2.30. The Morgan fingerprint density at radius 3 is 2.47 bits per heavy atom. The molecule has 0 bridgehead atoms. The predicted octanol–water partition coefficient (Wildman–Crippen LogP) is 5.96. The number of hydrogen-bond acceptors (Lipinski definition) is 5. The number of ketones is 1. The third-order valence-electron chi connectivity index (χ3n) is 9.03. The second-order valence-corrected chi connectivity index (χ2v) is 12.0. The van der Waals surface area contributed by atoms with Crippen molar-refractivity contribution in [3.05, 3.63) is 125 Å². The number of para-hydroxylation sites is 1. The van der Waals surface area contributed by atoms with Crippen LogP contribution in [0.1, 0.15) is 65.3 Å². The smallest absolute Gasteiger partial charge is 0.305 e. The molecule has 2 atom stereocenters. The van der Waals surface area contributed by atoms with Gasteiger partial charge in [-0.25, -0.2) is 0 Å². The van der Waals surface area contributed by atoms with Crippen molar-refractivity contribution < 1.29 is 24.3 Å². The Bertz CT molecular complexity index is 1890. The molecule has 238 valence electrons. The van der Waals surface area contributed by atoms with Gasteiger partial charge in [-0.05, 0) is 58.9 Å². The molecule has 3 aromatic carbocycles. The summed E-state index contributed by atoms with van der Waals surface area (Å²) in [7, 11) is 0. The second kappa shape index (κ2) is 13.0. The summed E-state index contributed by atoms with van der Waals surface area (Å²) in [5.74, 6) is -1.40. The van der Waals surface area contributed by atoms with Gasteiger partial charge in [0, 0.05) is 49.3 Å². The maximum atomic E-state index is 13.7. The highest BCUT2D eigenvalue weighted by Gasteiger charge is 2.39. The second-order valence-electron chi connectivity index (χ2n) is 12.0. The number of hydrogen-bond donors (Lipinski definition) is 3. The fourth-order valence-electron chi connectivity index (χ4n) is 6.62. The van der Waals surface area contributed by atoms with E-state index in [2.05, 4.69) is 16.4 Å². The van der Waals surface area contributed by atoms with Crippen LogP contribution >= 0.6 is 0 Å². The average Bonchev–Trinajstić information content (AvgIpc) is 3.83. The molecule has 0 fully saturated rings. The van der Waals surface area contributed by atoms with Gasteiger partial charge < -0.3 is 20.3 Å². The Morgan fingerprint density at radius 2 is 1.77 bits per heavy atom. The molecule has 0 saturated carbocycles. The molecule has 4 aromatic rings. The maximum Gasteiger partial charge on any atom is 0.305 e. The molecule has 6 rings (SSSR count). The van der Waals surface area contributed by atoms with Gasteiger partial charge in [-0.15, -0.1) is 0 Å². The largest absolute Gasteiger partial charge is 0.481 e. The van der Waals surface area contributed by atoms with Crippen LogP contribution in [0.2, 0.25) is 0 Å². The number of carboxylic acids is 1. The van der Waals surface area contributed by atoms with E-state index in [-0.39, 0.29) is 30.4 Å². The lowest BCUT2D eigenvalue weighted by molar-refractivity contribution is -0.137. The van der Waals surface area contributed by atoms with Gasteiger partial charge in [0.05, 0.1) is 18.0 Å². The quantitative estimate of drug-likeness (QED) is 0.189. The molecule has 2 aliphatic rings. The first-order valence-corrected chi connectivity index (χ1v) is 15.7. The molecule has 0 saturated heterocycles. The Kier molecular flexibility index (Phi) is 8.72.